The summed E-state index contributed by atoms with van der Waals surface area (Å²) < 4.78 is 11.3. The van der Waals surface area contributed by atoms with Gasteiger partial charge in [0.15, 0.2) is 0 Å². The van der Waals surface area contributed by atoms with Crippen LogP contribution in [0.4, 0.5) is 0 Å². The predicted molar refractivity (Wildman–Crippen MR) is 107 cm³/mol. The molecule has 1 saturated carbocycles. The Morgan fingerprint density at radius 3 is 2.89 bits per heavy atom. The number of methoxy groups -OCH3 is 1. The first-order chi connectivity index (χ1) is 13.1. The number of carbonyl (C=O) groups is 1. The lowest BCUT2D eigenvalue weighted by atomic mass is 9.78. The van der Waals surface area contributed by atoms with Gasteiger partial charge in [-0.05, 0) is 49.7 Å². The highest BCUT2D eigenvalue weighted by atomic mass is 32.1. The second kappa shape index (κ2) is 8.19. The number of ether oxygens (including phenoxy) is 2. The van der Waals surface area contributed by atoms with Crippen LogP contribution in [0.1, 0.15) is 47.9 Å². The molecule has 1 aliphatic carbocycles. The fourth-order valence-electron chi connectivity index (χ4n) is 4.93. The van der Waals surface area contributed by atoms with Crippen molar-refractivity contribution in [3.8, 4) is 0 Å². The van der Waals surface area contributed by atoms with Crippen molar-refractivity contribution in [2.45, 2.75) is 57.1 Å². The molecule has 1 amide bonds. The Bertz CT molecular complexity index is 660. The van der Waals surface area contributed by atoms with Crippen LogP contribution in [0.5, 0.6) is 0 Å². The van der Waals surface area contributed by atoms with Crippen LogP contribution in [0, 0.1) is 5.92 Å². The van der Waals surface area contributed by atoms with E-state index in [0.717, 1.165) is 64.8 Å². The Labute approximate surface area is 166 Å². The van der Waals surface area contributed by atoms with Gasteiger partial charge >= 0.3 is 0 Å². The first kappa shape index (κ1) is 19.4. The molecule has 0 radical (unpaired) electrons. The Hall–Kier alpha value is -0.950. The van der Waals surface area contributed by atoms with Crippen molar-refractivity contribution in [3.63, 3.8) is 0 Å². The third-order valence-electron chi connectivity index (χ3n) is 6.46. The summed E-state index contributed by atoms with van der Waals surface area (Å²) in [6, 6.07) is 2.77. The molecular weight excluding hydrogens is 360 g/mol. The van der Waals surface area contributed by atoms with Gasteiger partial charge in [-0.1, -0.05) is 6.92 Å². The van der Waals surface area contributed by atoms with Gasteiger partial charge in [0, 0.05) is 49.0 Å². The highest BCUT2D eigenvalue weighted by molar-refractivity contribution is 7.12. The Morgan fingerprint density at radius 1 is 1.41 bits per heavy atom. The first-order valence-corrected chi connectivity index (χ1v) is 11.2. The van der Waals surface area contributed by atoms with Crippen LogP contribution in [-0.2, 0) is 32.7 Å². The maximum absolute atomic E-state index is 11.6. The van der Waals surface area contributed by atoms with E-state index in [1.165, 1.54) is 10.4 Å². The number of piperidine rings is 1. The summed E-state index contributed by atoms with van der Waals surface area (Å²) in [7, 11) is 1.56. The van der Waals surface area contributed by atoms with E-state index < -0.39 is 0 Å². The highest BCUT2D eigenvalue weighted by Crippen LogP contribution is 2.45. The minimum Gasteiger partial charge on any atom is -0.375 e. The van der Waals surface area contributed by atoms with Crippen LogP contribution in [0.2, 0.25) is 0 Å². The number of rotatable bonds is 6. The molecule has 0 atom stereocenters. The van der Waals surface area contributed by atoms with Gasteiger partial charge in [0.2, 0.25) is 5.91 Å². The molecule has 150 valence electrons. The zero-order valence-electron chi connectivity index (χ0n) is 16.6. The largest absolute Gasteiger partial charge is 0.375 e. The van der Waals surface area contributed by atoms with Gasteiger partial charge in [-0.2, -0.15) is 0 Å². The van der Waals surface area contributed by atoms with E-state index in [9.17, 15) is 4.79 Å². The molecule has 2 fully saturated rings. The fourth-order valence-corrected chi connectivity index (χ4v) is 6.10. The van der Waals surface area contributed by atoms with E-state index >= 15 is 0 Å². The molecule has 1 aromatic heterocycles. The van der Waals surface area contributed by atoms with Gasteiger partial charge in [0.25, 0.3) is 0 Å². The third-order valence-corrected chi connectivity index (χ3v) is 7.80. The normalized spacial score (nSPS) is 27.2. The summed E-state index contributed by atoms with van der Waals surface area (Å²) in [6.45, 7) is 6.68. The van der Waals surface area contributed by atoms with E-state index in [1.807, 2.05) is 11.3 Å². The predicted octanol–water partition coefficient (Wildman–Crippen LogP) is 2.72. The topological polar surface area (TPSA) is 50.8 Å². The van der Waals surface area contributed by atoms with Crippen molar-refractivity contribution in [2.24, 2.45) is 5.92 Å². The number of nitrogens with zero attached hydrogens (tertiary/aromatic N) is 1. The number of hydrogen-bond donors (Lipinski definition) is 1. The fraction of sp³-hybridized carbons (Fsp3) is 0.762. The average Bonchev–Trinajstić information content (AvgIpc) is 3.07. The molecule has 0 bridgehead atoms. The number of hydrogen-bond acceptors (Lipinski definition) is 5. The standard InChI is InChI=1S/C21H32N2O3S/c1-3-17-12-18-19(27-17)4-9-26-21(18)5-7-23(8-6-21)13-15-10-16(11-15)22-20(24)14-25-2/h12,15-16H,3-11,13-14H2,1-2H3,(H,22,24). The van der Waals surface area contributed by atoms with Gasteiger partial charge in [0.1, 0.15) is 6.61 Å². The Morgan fingerprint density at radius 2 is 2.19 bits per heavy atom. The molecule has 1 spiro atoms. The molecule has 5 nitrogen and oxygen atoms in total. The molecule has 2 aliphatic heterocycles. The number of aryl methyl sites for hydroxylation is 1. The zero-order chi connectivity index (χ0) is 18.9. The molecule has 3 heterocycles. The SMILES string of the molecule is CCc1cc2c(s1)CCOC21CCN(CC2CC(NC(=O)COC)C2)CC1. The van der Waals surface area contributed by atoms with Crippen molar-refractivity contribution in [2.75, 3.05) is 40.0 Å². The number of nitrogens with one attached hydrogen (secondary N) is 1. The summed E-state index contributed by atoms with van der Waals surface area (Å²) >= 11 is 2.00. The van der Waals surface area contributed by atoms with E-state index in [-0.39, 0.29) is 18.1 Å². The first-order valence-electron chi connectivity index (χ1n) is 10.4. The number of fused-ring (bicyclic) bond motifs is 2. The number of likely N-dealkylation sites (tertiary alicyclic amines) is 1. The molecule has 0 unspecified atom stereocenters. The van der Waals surface area contributed by atoms with E-state index in [1.54, 1.807) is 12.0 Å². The van der Waals surface area contributed by atoms with Gasteiger partial charge in [-0.15, -0.1) is 11.3 Å². The summed E-state index contributed by atoms with van der Waals surface area (Å²) in [4.78, 5) is 17.3. The summed E-state index contributed by atoms with van der Waals surface area (Å²) in [5, 5.41) is 3.05. The molecule has 3 aliphatic rings. The summed E-state index contributed by atoms with van der Waals surface area (Å²) in [5.74, 6) is 0.718. The van der Waals surface area contributed by atoms with Crippen molar-refractivity contribution >= 4 is 17.2 Å². The van der Waals surface area contributed by atoms with Crippen molar-refractivity contribution < 1.29 is 14.3 Å². The van der Waals surface area contributed by atoms with Crippen LogP contribution in [0.3, 0.4) is 0 Å². The van der Waals surface area contributed by atoms with Crippen molar-refractivity contribution in [3.05, 3.63) is 21.4 Å². The van der Waals surface area contributed by atoms with E-state index in [2.05, 4.69) is 23.2 Å². The maximum Gasteiger partial charge on any atom is 0.246 e. The van der Waals surface area contributed by atoms with Gasteiger partial charge < -0.3 is 19.7 Å². The average molecular weight is 393 g/mol. The lowest BCUT2D eigenvalue weighted by Crippen LogP contribution is -2.51. The molecular formula is C21H32N2O3S. The number of carbonyl (C=O) groups excluding carboxylic acids is 1. The van der Waals surface area contributed by atoms with E-state index in [4.69, 9.17) is 9.47 Å². The minimum atomic E-state index is -0.0235. The molecule has 27 heavy (non-hydrogen) atoms. The van der Waals surface area contributed by atoms with Crippen LogP contribution in [0.15, 0.2) is 6.07 Å². The van der Waals surface area contributed by atoms with Gasteiger partial charge in [-0.25, -0.2) is 0 Å². The highest BCUT2D eigenvalue weighted by Gasteiger charge is 2.42. The molecule has 1 N–H and O–H groups in total. The summed E-state index contributed by atoms with van der Waals surface area (Å²) in [5.41, 5.74) is 1.48. The van der Waals surface area contributed by atoms with Gasteiger partial charge in [0.05, 0.1) is 12.2 Å². The quantitative estimate of drug-likeness (QED) is 0.809. The third kappa shape index (κ3) is 4.09. The molecule has 6 heteroatoms. The number of thiophene rings is 1. The monoisotopic (exact) mass is 392 g/mol. The van der Waals surface area contributed by atoms with E-state index in [0.29, 0.717) is 12.0 Å². The second-order valence-corrected chi connectivity index (χ2v) is 9.55. The molecule has 1 saturated heterocycles. The van der Waals surface area contributed by atoms with Gasteiger partial charge in [-0.3, -0.25) is 4.79 Å². The second-order valence-electron chi connectivity index (χ2n) is 8.33. The molecule has 1 aromatic rings. The van der Waals surface area contributed by atoms with Crippen LogP contribution < -0.4 is 5.32 Å². The smallest absolute Gasteiger partial charge is 0.246 e. The maximum atomic E-state index is 11.6. The minimum absolute atomic E-state index is 0.00771. The Kier molecular flexibility index (Phi) is 5.88. The molecule has 0 aromatic carbocycles. The Balaban J connectivity index is 1.26. The lowest BCUT2D eigenvalue weighted by Gasteiger charge is -2.46. The van der Waals surface area contributed by atoms with Crippen molar-refractivity contribution in [1.82, 2.24) is 10.2 Å². The zero-order valence-corrected chi connectivity index (χ0v) is 17.4. The van der Waals surface area contributed by atoms with Crippen molar-refractivity contribution in [1.29, 1.82) is 0 Å². The lowest BCUT2D eigenvalue weighted by molar-refractivity contribution is -0.126. The van der Waals surface area contributed by atoms with Crippen LogP contribution in [0.25, 0.3) is 0 Å². The van der Waals surface area contributed by atoms with Crippen LogP contribution >= 0.6 is 11.3 Å². The van der Waals surface area contributed by atoms with Crippen LogP contribution in [-0.4, -0.2) is 56.8 Å². The number of amides is 1. The summed E-state index contributed by atoms with van der Waals surface area (Å²) in [6.07, 6.45) is 6.64. The molecule has 4 rings (SSSR count).